The van der Waals surface area contributed by atoms with E-state index in [1.807, 2.05) is 71.6 Å². The quantitative estimate of drug-likeness (QED) is 0.459. The molecule has 7 nitrogen and oxygen atoms in total. The van der Waals surface area contributed by atoms with Gasteiger partial charge in [0.25, 0.3) is 11.8 Å². The van der Waals surface area contributed by atoms with Gasteiger partial charge in [0.15, 0.2) is 0 Å². The summed E-state index contributed by atoms with van der Waals surface area (Å²) in [4.78, 5) is 27.4. The molecule has 0 saturated heterocycles. The number of amides is 2. The fraction of sp³-hybridized carbons (Fsp3) is 0.148. The molecule has 0 fully saturated rings. The number of fused-ring (bicyclic) bond motifs is 1. The molecule has 2 amide bonds. The van der Waals surface area contributed by atoms with Gasteiger partial charge in [-0.2, -0.15) is 5.10 Å². The zero-order valence-electron chi connectivity index (χ0n) is 18.7. The van der Waals surface area contributed by atoms with Gasteiger partial charge in [-0.15, -0.1) is 0 Å². The van der Waals surface area contributed by atoms with Gasteiger partial charge in [-0.1, -0.05) is 42.5 Å². The molecule has 2 N–H and O–H groups in total. The highest BCUT2D eigenvalue weighted by atomic mass is 16.5. The Balaban J connectivity index is 1.25. The van der Waals surface area contributed by atoms with E-state index in [1.165, 1.54) is 0 Å². The van der Waals surface area contributed by atoms with Crippen LogP contribution in [0.15, 0.2) is 78.9 Å². The Bertz CT molecular complexity index is 1350. The zero-order valence-corrected chi connectivity index (χ0v) is 18.7. The molecule has 0 atom stereocenters. The van der Waals surface area contributed by atoms with Crippen LogP contribution in [0.25, 0.3) is 11.3 Å². The third kappa shape index (κ3) is 4.15. The smallest absolute Gasteiger partial charge is 0.269 e. The predicted molar refractivity (Wildman–Crippen MR) is 130 cm³/mol. The van der Waals surface area contributed by atoms with Gasteiger partial charge in [0, 0.05) is 29.9 Å². The van der Waals surface area contributed by atoms with Crippen molar-refractivity contribution in [2.24, 2.45) is 0 Å². The number of ether oxygens (including phenoxy) is 1. The van der Waals surface area contributed by atoms with Crippen molar-refractivity contribution in [2.75, 3.05) is 18.6 Å². The minimum absolute atomic E-state index is 0.00509. The van der Waals surface area contributed by atoms with Crippen LogP contribution in [0.4, 0.5) is 5.69 Å². The molecule has 0 unspecified atom stereocenters. The lowest BCUT2D eigenvalue weighted by atomic mass is 10.1. The fourth-order valence-electron chi connectivity index (χ4n) is 4.22. The van der Waals surface area contributed by atoms with E-state index in [1.54, 1.807) is 13.2 Å². The molecule has 3 aromatic carbocycles. The Morgan fingerprint density at radius 3 is 2.65 bits per heavy atom. The Kier molecular flexibility index (Phi) is 5.82. The van der Waals surface area contributed by atoms with E-state index in [-0.39, 0.29) is 11.8 Å². The van der Waals surface area contributed by atoms with Gasteiger partial charge < -0.3 is 15.0 Å². The van der Waals surface area contributed by atoms with Crippen LogP contribution in [0.3, 0.4) is 0 Å². The largest absolute Gasteiger partial charge is 0.496 e. The summed E-state index contributed by atoms with van der Waals surface area (Å²) < 4.78 is 5.38. The number of H-pyrrole nitrogens is 1. The highest BCUT2D eigenvalue weighted by molar-refractivity contribution is 6.07. The van der Waals surface area contributed by atoms with Crippen LogP contribution in [0.5, 0.6) is 5.75 Å². The summed E-state index contributed by atoms with van der Waals surface area (Å²) in [5, 5.41) is 10.0. The third-order valence-electron chi connectivity index (χ3n) is 5.96. The van der Waals surface area contributed by atoms with E-state index in [4.69, 9.17) is 4.74 Å². The number of anilines is 1. The van der Waals surface area contributed by atoms with E-state index >= 15 is 0 Å². The van der Waals surface area contributed by atoms with Gasteiger partial charge in [-0.05, 0) is 53.9 Å². The topological polar surface area (TPSA) is 87.3 Å². The summed E-state index contributed by atoms with van der Waals surface area (Å²) in [7, 11) is 1.60. The molecule has 5 rings (SSSR count). The third-order valence-corrected chi connectivity index (χ3v) is 5.96. The van der Waals surface area contributed by atoms with Gasteiger partial charge in [-0.25, -0.2) is 0 Å². The second-order valence-electron chi connectivity index (χ2n) is 8.09. The highest BCUT2D eigenvalue weighted by Crippen LogP contribution is 2.31. The standard InChI is InChI=1S/C27H24N4O3/c1-34-25-10-6-5-9-21(25)22-16-23(30-29-22)26(32)28-17-18-11-12-24-20(15-18)13-14-31(24)27(33)19-7-3-2-4-8-19/h2-12,15-16H,13-14,17H2,1H3,(H,28,32)(H,29,30). The summed E-state index contributed by atoms with van der Waals surface area (Å²) in [6.45, 7) is 1.03. The molecular formula is C27H24N4O3. The van der Waals surface area contributed by atoms with Crippen molar-refractivity contribution in [2.45, 2.75) is 13.0 Å². The molecule has 1 aromatic heterocycles. The number of carbonyl (C=O) groups is 2. The number of hydrogen-bond acceptors (Lipinski definition) is 4. The summed E-state index contributed by atoms with van der Waals surface area (Å²) in [5.41, 5.74) is 5.53. The maximum atomic E-state index is 12.9. The van der Waals surface area contributed by atoms with Gasteiger partial charge in [0.05, 0.1) is 12.8 Å². The van der Waals surface area contributed by atoms with E-state index in [0.717, 1.165) is 28.8 Å². The molecule has 170 valence electrons. The van der Waals surface area contributed by atoms with Crippen LogP contribution in [-0.4, -0.2) is 35.7 Å². The summed E-state index contributed by atoms with van der Waals surface area (Å²) >= 11 is 0. The first-order valence-electron chi connectivity index (χ1n) is 11.1. The molecule has 1 aliphatic heterocycles. The van der Waals surface area contributed by atoms with Gasteiger partial charge in [0.1, 0.15) is 11.4 Å². The summed E-state index contributed by atoms with van der Waals surface area (Å²) in [5.74, 6) is 0.458. The highest BCUT2D eigenvalue weighted by Gasteiger charge is 2.25. The molecule has 2 heterocycles. The maximum absolute atomic E-state index is 12.9. The molecule has 7 heteroatoms. The lowest BCUT2D eigenvalue weighted by Gasteiger charge is -2.17. The number of carbonyl (C=O) groups excluding carboxylic acids is 2. The number of nitrogens with zero attached hydrogens (tertiary/aromatic N) is 2. The monoisotopic (exact) mass is 452 g/mol. The Labute approximate surface area is 197 Å². The van der Waals surface area contributed by atoms with Crippen molar-refractivity contribution in [3.05, 3.63) is 101 Å². The SMILES string of the molecule is COc1ccccc1-c1cc(C(=O)NCc2ccc3c(c2)CCN3C(=O)c2ccccc2)[nH]n1. The number of para-hydroxylation sites is 1. The Morgan fingerprint density at radius 2 is 1.82 bits per heavy atom. The number of rotatable bonds is 6. The Morgan fingerprint density at radius 1 is 1.03 bits per heavy atom. The van der Waals surface area contributed by atoms with E-state index in [2.05, 4.69) is 21.6 Å². The normalized spacial score (nSPS) is 12.3. The van der Waals surface area contributed by atoms with Gasteiger partial charge in [0.2, 0.25) is 0 Å². The van der Waals surface area contributed by atoms with Gasteiger partial charge in [-0.3, -0.25) is 14.7 Å². The van der Waals surface area contributed by atoms with Crippen molar-refractivity contribution < 1.29 is 14.3 Å². The first-order chi connectivity index (χ1) is 16.6. The lowest BCUT2D eigenvalue weighted by molar-refractivity contribution is 0.0944. The van der Waals surface area contributed by atoms with E-state index in [0.29, 0.717) is 35.8 Å². The molecular weight excluding hydrogens is 428 g/mol. The number of benzene rings is 3. The molecule has 0 saturated carbocycles. The number of aromatic nitrogens is 2. The van der Waals surface area contributed by atoms with Crippen molar-refractivity contribution in [3.8, 4) is 17.0 Å². The van der Waals surface area contributed by atoms with Gasteiger partial charge >= 0.3 is 0 Å². The summed E-state index contributed by atoms with van der Waals surface area (Å²) in [6.07, 6.45) is 0.790. The van der Waals surface area contributed by atoms with Crippen molar-refractivity contribution in [1.29, 1.82) is 0 Å². The van der Waals surface area contributed by atoms with Crippen LogP contribution in [-0.2, 0) is 13.0 Å². The van der Waals surface area contributed by atoms with Crippen LogP contribution in [0, 0.1) is 0 Å². The first kappa shape index (κ1) is 21.5. The molecule has 0 bridgehead atoms. The minimum atomic E-state index is -0.241. The number of aromatic amines is 1. The summed E-state index contributed by atoms with van der Waals surface area (Å²) in [6, 6.07) is 24.5. The molecule has 4 aromatic rings. The second-order valence-corrected chi connectivity index (χ2v) is 8.09. The van der Waals surface area contributed by atoms with E-state index in [9.17, 15) is 9.59 Å². The van der Waals surface area contributed by atoms with Crippen molar-refractivity contribution in [3.63, 3.8) is 0 Å². The molecule has 0 radical (unpaired) electrons. The zero-order chi connectivity index (χ0) is 23.5. The van der Waals surface area contributed by atoms with Crippen LogP contribution < -0.4 is 15.0 Å². The average Bonchev–Trinajstić information content (AvgIpc) is 3.55. The lowest BCUT2D eigenvalue weighted by Crippen LogP contribution is -2.28. The molecule has 34 heavy (non-hydrogen) atoms. The predicted octanol–water partition coefficient (Wildman–Crippen LogP) is 4.22. The first-order valence-corrected chi connectivity index (χ1v) is 11.1. The van der Waals surface area contributed by atoms with Crippen LogP contribution in [0.2, 0.25) is 0 Å². The average molecular weight is 453 g/mol. The molecule has 0 spiro atoms. The van der Waals surface area contributed by atoms with Crippen LogP contribution in [0.1, 0.15) is 32.0 Å². The second kappa shape index (κ2) is 9.23. The number of nitrogens with one attached hydrogen (secondary N) is 2. The maximum Gasteiger partial charge on any atom is 0.269 e. The van der Waals surface area contributed by atoms with Crippen LogP contribution >= 0.6 is 0 Å². The molecule has 0 aliphatic carbocycles. The number of methoxy groups -OCH3 is 1. The van der Waals surface area contributed by atoms with Crippen molar-refractivity contribution >= 4 is 17.5 Å². The molecule has 1 aliphatic rings. The number of hydrogen-bond donors (Lipinski definition) is 2. The Hall–Kier alpha value is -4.39. The van der Waals surface area contributed by atoms with Crippen molar-refractivity contribution in [1.82, 2.24) is 15.5 Å². The fourth-order valence-corrected chi connectivity index (χ4v) is 4.22. The van der Waals surface area contributed by atoms with E-state index < -0.39 is 0 Å². The minimum Gasteiger partial charge on any atom is -0.496 e.